The van der Waals surface area contributed by atoms with E-state index in [9.17, 15) is 4.39 Å². The van der Waals surface area contributed by atoms with Gasteiger partial charge in [0.25, 0.3) is 0 Å². The van der Waals surface area contributed by atoms with Gasteiger partial charge >= 0.3 is 0 Å². The van der Waals surface area contributed by atoms with Gasteiger partial charge in [0.1, 0.15) is 5.82 Å². The molecule has 0 saturated heterocycles. The lowest BCUT2D eigenvalue weighted by Gasteiger charge is -2.14. The molecule has 18 heavy (non-hydrogen) atoms. The van der Waals surface area contributed by atoms with E-state index in [4.69, 9.17) is 5.73 Å². The second-order valence-electron chi connectivity index (χ2n) is 4.66. The third-order valence-corrected chi connectivity index (χ3v) is 3.47. The molecule has 0 atom stereocenters. The molecule has 0 bridgehead atoms. The van der Waals surface area contributed by atoms with Gasteiger partial charge in [-0.25, -0.2) is 4.39 Å². The van der Waals surface area contributed by atoms with Crippen LogP contribution < -0.4 is 5.73 Å². The van der Waals surface area contributed by atoms with Gasteiger partial charge in [-0.2, -0.15) is 5.10 Å². The highest BCUT2D eigenvalue weighted by Gasteiger charge is 2.20. The Morgan fingerprint density at radius 1 is 1.33 bits per heavy atom. The monoisotopic (exact) mass is 245 g/mol. The van der Waals surface area contributed by atoms with Gasteiger partial charge in [0.05, 0.1) is 5.69 Å². The molecule has 1 aliphatic heterocycles. The van der Waals surface area contributed by atoms with E-state index in [-0.39, 0.29) is 5.82 Å². The Bertz CT molecular complexity index is 574. The second kappa shape index (κ2) is 4.53. The fourth-order valence-electron chi connectivity index (χ4n) is 2.66. The predicted molar refractivity (Wildman–Crippen MR) is 68.5 cm³/mol. The molecule has 0 amide bonds. The molecule has 94 valence electrons. The molecule has 1 aromatic carbocycles. The summed E-state index contributed by atoms with van der Waals surface area (Å²) >= 11 is 0. The molecule has 4 heteroatoms. The lowest BCUT2D eigenvalue weighted by molar-refractivity contribution is 0.484. The summed E-state index contributed by atoms with van der Waals surface area (Å²) in [7, 11) is 0. The first kappa shape index (κ1) is 11.4. The Morgan fingerprint density at radius 3 is 3.00 bits per heavy atom. The molecular formula is C14H16FN3. The van der Waals surface area contributed by atoms with Gasteiger partial charge < -0.3 is 5.73 Å². The Balaban J connectivity index is 2.18. The molecule has 3 nitrogen and oxygen atoms in total. The van der Waals surface area contributed by atoms with Crippen LogP contribution in [-0.2, 0) is 19.5 Å². The molecule has 0 radical (unpaired) electrons. The first-order valence-electron chi connectivity index (χ1n) is 6.34. The first-order valence-corrected chi connectivity index (χ1v) is 6.34. The molecule has 0 aliphatic carbocycles. The summed E-state index contributed by atoms with van der Waals surface area (Å²) in [5, 5.41) is 4.54. The van der Waals surface area contributed by atoms with Crippen molar-refractivity contribution in [1.82, 2.24) is 9.78 Å². The maximum atomic E-state index is 13.4. The normalized spacial score (nSPS) is 14.6. The minimum absolute atomic E-state index is 0.216. The zero-order chi connectivity index (χ0) is 12.5. The number of hydrogen-bond donors (Lipinski definition) is 1. The molecule has 2 heterocycles. The number of aromatic nitrogens is 2. The van der Waals surface area contributed by atoms with Crippen molar-refractivity contribution in [2.24, 2.45) is 5.73 Å². The number of fused-ring (bicyclic) bond motifs is 1. The molecule has 2 aromatic rings. The number of aryl methyl sites for hydroxylation is 1. The van der Waals surface area contributed by atoms with Crippen LogP contribution in [-0.4, -0.2) is 9.78 Å². The largest absolute Gasteiger partial charge is 0.325 e. The topological polar surface area (TPSA) is 43.8 Å². The average molecular weight is 245 g/mol. The third kappa shape index (κ3) is 1.82. The summed E-state index contributed by atoms with van der Waals surface area (Å²) in [4.78, 5) is 0. The number of nitrogens with two attached hydrogens (primary N) is 1. The van der Waals surface area contributed by atoms with E-state index in [1.807, 2.05) is 10.7 Å². The Labute approximate surface area is 105 Å². The quantitative estimate of drug-likeness (QED) is 0.883. The summed E-state index contributed by atoms with van der Waals surface area (Å²) in [5.41, 5.74) is 9.77. The van der Waals surface area contributed by atoms with Crippen molar-refractivity contribution < 1.29 is 4.39 Å². The average Bonchev–Trinajstić information content (AvgIpc) is 2.77. The van der Waals surface area contributed by atoms with Crippen molar-refractivity contribution in [3.05, 3.63) is 41.5 Å². The number of halogens is 1. The first-order chi connectivity index (χ1) is 8.79. The number of rotatable bonds is 2. The van der Waals surface area contributed by atoms with Crippen LogP contribution in [0.25, 0.3) is 11.1 Å². The van der Waals surface area contributed by atoms with Crippen molar-refractivity contribution in [2.75, 3.05) is 0 Å². The fraction of sp³-hybridized carbons (Fsp3) is 0.357. The van der Waals surface area contributed by atoms with Crippen molar-refractivity contribution in [1.29, 1.82) is 0 Å². The van der Waals surface area contributed by atoms with Gasteiger partial charge in [-0.05, 0) is 37.0 Å². The van der Waals surface area contributed by atoms with Crippen LogP contribution in [0, 0.1) is 5.82 Å². The van der Waals surface area contributed by atoms with E-state index in [1.165, 1.54) is 11.8 Å². The van der Waals surface area contributed by atoms with Gasteiger partial charge in [-0.1, -0.05) is 12.1 Å². The molecule has 0 fully saturated rings. The lowest BCUT2D eigenvalue weighted by atomic mass is 9.98. The van der Waals surface area contributed by atoms with Crippen molar-refractivity contribution >= 4 is 0 Å². The zero-order valence-corrected chi connectivity index (χ0v) is 10.2. The van der Waals surface area contributed by atoms with Gasteiger partial charge in [-0.3, -0.25) is 4.68 Å². The second-order valence-corrected chi connectivity index (χ2v) is 4.66. The van der Waals surface area contributed by atoms with Crippen LogP contribution in [0.5, 0.6) is 0 Å². The highest BCUT2D eigenvalue weighted by Crippen LogP contribution is 2.31. The van der Waals surface area contributed by atoms with E-state index in [1.54, 1.807) is 12.1 Å². The molecule has 1 aliphatic rings. The van der Waals surface area contributed by atoms with E-state index >= 15 is 0 Å². The zero-order valence-electron chi connectivity index (χ0n) is 10.2. The number of benzene rings is 1. The van der Waals surface area contributed by atoms with Crippen LogP contribution in [0.3, 0.4) is 0 Å². The van der Waals surface area contributed by atoms with Crippen LogP contribution in [0.4, 0.5) is 4.39 Å². The molecule has 0 saturated carbocycles. The smallest absolute Gasteiger partial charge is 0.123 e. The minimum Gasteiger partial charge on any atom is -0.325 e. The SMILES string of the molecule is NCc1nn2c(c1-c1cccc(F)c1)CCCC2. The van der Waals surface area contributed by atoms with Crippen molar-refractivity contribution in [3.63, 3.8) is 0 Å². The summed E-state index contributed by atoms with van der Waals surface area (Å²) in [6, 6.07) is 6.68. The molecule has 2 N–H and O–H groups in total. The van der Waals surface area contributed by atoms with E-state index in [2.05, 4.69) is 5.10 Å². The van der Waals surface area contributed by atoms with Crippen LogP contribution in [0.15, 0.2) is 24.3 Å². The predicted octanol–water partition coefficient (Wildman–Crippen LogP) is 2.48. The fourth-order valence-corrected chi connectivity index (χ4v) is 2.66. The molecular weight excluding hydrogens is 229 g/mol. The highest BCUT2D eigenvalue weighted by molar-refractivity contribution is 5.69. The summed E-state index contributed by atoms with van der Waals surface area (Å²) in [6.07, 6.45) is 3.32. The van der Waals surface area contributed by atoms with Gasteiger partial charge in [0, 0.05) is 24.3 Å². The van der Waals surface area contributed by atoms with Crippen LogP contribution >= 0.6 is 0 Å². The minimum atomic E-state index is -0.216. The maximum Gasteiger partial charge on any atom is 0.123 e. The number of nitrogens with zero attached hydrogens (tertiary/aromatic N) is 2. The van der Waals surface area contributed by atoms with Crippen molar-refractivity contribution in [2.45, 2.75) is 32.4 Å². The van der Waals surface area contributed by atoms with Gasteiger partial charge in [0.15, 0.2) is 0 Å². The maximum absolute atomic E-state index is 13.4. The number of hydrogen-bond acceptors (Lipinski definition) is 2. The Kier molecular flexibility index (Phi) is 2.88. The van der Waals surface area contributed by atoms with E-state index in [0.717, 1.165) is 42.6 Å². The van der Waals surface area contributed by atoms with Gasteiger partial charge in [-0.15, -0.1) is 0 Å². The van der Waals surface area contributed by atoms with E-state index in [0.29, 0.717) is 6.54 Å². The third-order valence-electron chi connectivity index (χ3n) is 3.47. The Morgan fingerprint density at radius 2 is 2.22 bits per heavy atom. The molecule has 1 aromatic heterocycles. The van der Waals surface area contributed by atoms with Gasteiger partial charge in [0.2, 0.25) is 0 Å². The summed E-state index contributed by atoms with van der Waals surface area (Å²) in [6.45, 7) is 1.34. The standard InChI is InChI=1S/C14H16FN3/c15-11-5-3-4-10(8-11)14-12(9-16)17-18-7-2-1-6-13(14)18/h3-5,8H,1-2,6-7,9,16H2. The van der Waals surface area contributed by atoms with Crippen LogP contribution in [0.2, 0.25) is 0 Å². The summed E-state index contributed by atoms with van der Waals surface area (Å²) in [5.74, 6) is -0.216. The van der Waals surface area contributed by atoms with Crippen molar-refractivity contribution in [3.8, 4) is 11.1 Å². The highest BCUT2D eigenvalue weighted by atomic mass is 19.1. The summed E-state index contributed by atoms with van der Waals surface area (Å²) < 4.78 is 15.4. The lowest BCUT2D eigenvalue weighted by Crippen LogP contribution is -2.11. The van der Waals surface area contributed by atoms with E-state index < -0.39 is 0 Å². The Hall–Kier alpha value is -1.68. The molecule has 3 rings (SSSR count). The molecule has 0 spiro atoms. The molecule has 0 unspecified atom stereocenters. The van der Waals surface area contributed by atoms with Crippen LogP contribution in [0.1, 0.15) is 24.2 Å².